The zero-order valence-corrected chi connectivity index (χ0v) is 45.9. The summed E-state index contributed by atoms with van der Waals surface area (Å²) < 4.78 is 7.22. The molecule has 0 saturated carbocycles. The van der Waals surface area contributed by atoms with Gasteiger partial charge in [-0.3, -0.25) is 0 Å². The molecule has 7 aliphatic rings. The van der Waals surface area contributed by atoms with E-state index in [1.807, 2.05) is 0 Å². The predicted molar refractivity (Wildman–Crippen MR) is 309 cm³/mol. The van der Waals surface area contributed by atoms with Gasteiger partial charge >= 0.3 is 6.85 Å². The van der Waals surface area contributed by atoms with Gasteiger partial charge in [0.05, 0.1) is 16.8 Å². The number of benzene rings is 7. The molecule has 4 heterocycles. The van der Waals surface area contributed by atoms with E-state index in [1.165, 1.54) is 142 Å². The number of anilines is 5. The quantitative estimate of drug-likeness (QED) is 0.153. The third-order valence-electron chi connectivity index (χ3n) is 21.0. The van der Waals surface area contributed by atoms with Crippen LogP contribution in [0.1, 0.15) is 184 Å². The fraction of sp³-hybridized carbons (Fsp3) is 0.391. The summed E-state index contributed by atoms with van der Waals surface area (Å²) in [6.07, 6.45) is 7.02. The van der Waals surface area contributed by atoms with Crippen molar-refractivity contribution in [3.8, 4) is 22.3 Å². The first-order valence-corrected chi connectivity index (χ1v) is 27.8. The van der Waals surface area contributed by atoms with Gasteiger partial charge in [0, 0.05) is 33.4 Å². The zero-order valence-electron chi connectivity index (χ0n) is 45.9. The summed E-state index contributed by atoms with van der Waals surface area (Å²) in [6.45, 7) is 34.9. The largest absolute Gasteiger partial charge is 0.456 e. The van der Waals surface area contributed by atoms with Gasteiger partial charge in [-0.1, -0.05) is 150 Å². The van der Waals surface area contributed by atoms with Gasteiger partial charge in [0.25, 0.3) is 0 Å². The molecular weight excluding hydrogens is 884 g/mol. The highest BCUT2D eigenvalue weighted by Gasteiger charge is 2.58. The van der Waals surface area contributed by atoms with Crippen LogP contribution in [0.25, 0.3) is 44.2 Å². The van der Waals surface area contributed by atoms with Gasteiger partial charge in [-0.15, -0.1) is 0 Å². The standard InChI is InChI=1S/C69H71BN2O/c1-38-33-50-57(68(12,13)32-31-67(50,10)11)58-60(38)71-61-51(26-24-41-40-19-15-17-21-45(40)69(58,14)56(41)61)70-59-44(36-54-55(62(59)71)42-20-16-18-22-53(42)73-54)43-35-48-49(66(8,9)30-29-65(48,6)7)37-52(43)72(70)39-23-25-46-47(34-39)64(4,5)28-27-63(46,2)3/h15-26,33-37H,27-32H2,1-14H3. The lowest BCUT2D eigenvalue weighted by Gasteiger charge is -2.54. The van der Waals surface area contributed by atoms with Gasteiger partial charge in [-0.05, 0) is 205 Å². The predicted octanol–water partition coefficient (Wildman–Crippen LogP) is 17.3. The third kappa shape index (κ3) is 5.34. The number of fused-ring (bicyclic) bond motifs is 18. The van der Waals surface area contributed by atoms with Gasteiger partial charge in [-0.25, -0.2) is 0 Å². The molecule has 8 aromatic rings. The molecule has 7 aromatic carbocycles. The third-order valence-corrected chi connectivity index (χ3v) is 21.0. The minimum absolute atomic E-state index is 0.0286. The van der Waals surface area contributed by atoms with Crippen molar-refractivity contribution in [3.63, 3.8) is 0 Å². The van der Waals surface area contributed by atoms with Crippen LogP contribution >= 0.6 is 0 Å². The summed E-state index contributed by atoms with van der Waals surface area (Å²) in [5.41, 5.74) is 31.4. The summed E-state index contributed by atoms with van der Waals surface area (Å²) in [5.74, 6) is 0. The van der Waals surface area contributed by atoms with Crippen molar-refractivity contribution in [2.24, 2.45) is 0 Å². The van der Waals surface area contributed by atoms with Crippen molar-refractivity contribution in [2.45, 2.75) is 173 Å². The number of nitrogens with zero attached hydrogens (tertiary/aromatic N) is 2. The maximum absolute atomic E-state index is 7.22. The summed E-state index contributed by atoms with van der Waals surface area (Å²) in [4.78, 5) is 5.69. The minimum atomic E-state index is -0.399. The van der Waals surface area contributed by atoms with E-state index in [4.69, 9.17) is 4.42 Å². The van der Waals surface area contributed by atoms with E-state index < -0.39 is 5.41 Å². The maximum Gasteiger partial charge on any atom is 0.333 e. The molecular formula is C69H71BN2O. The topological polar surface area (TPSA) is 19.6 Å². The van der Waals surface area contributed by atoms with E-state index in [9.17, 15) is 0 Å². The molecule has 3 aliphatic heterocycles. The van der Waals surface area contributed by atoms with Crippen LogP contribution in [0.15, 0.2) is 108 Å². The van der Waals surface area contributed by atoms with Crippen molar-refractivity contribution < 1.29 is 4.42 Å². The molecule has 4 aliphatic carbocycles. The van der Waals surface area contributed by atoms with Crippen molar-refractivity contribution >= 4 is 68.1 Å². The molecule has 15 rings (SSSR count). The first-order chi connectivity index (χ1) is 34.5. The number of rotatable bonds is 1. The Bertz CT molecular complexity index is 3870. The SMILES string of the molecule is Cc1cc2c(c3c1N1c4c(ccc5c4C3(C)c3ccccc3-5)B3c4c(cc5oc6ccccc6c5c41)-c1cc4c(cc1N3c1ccc3c(c1)C(C)(C)CCC3(C)C)C(C)(C)CCC4(C)C)C(C)(C)CCC2(C)C. The smallest absolute Gasteiger partial charge is 0.333 e. The lowest BCUT2D eigenvalue weighted by atomic mass is 9.42. The Morgan fingerprint density at radius 2 is 1.05 bits per heavy atom. The van der Waals surface area contributed by atoms with Gasteiger partial charge in [0.1, 0.15) is 11.2 Å². The zero-order chi connectivity index (χ0) is 50.6. The molecule has 366 valence electrons. The van der Waals surface area contributed by atoms with Crippen LogP contribution in [-0.2, 0) is 37.9 Å². The van der Waals surface area contributed by atoms with Gasteiger partial charge < -0.3 is 14.1 Å². The Balaban J connectivity index is 1.16. The molecule has 1 unspecified atom stereocenters. The molecule has 0 amide bonds. The number of aryl methyl sites for hydroxylation is 1. The van der Waals surface area contributed by atoms with Gasteiger partial charge in [-0.2, -0.15) is 0 Å². The Morgan fingerprint density at radius 1 is 0.438 bits per heavy atom. The van der Waals surface area contributed by atoms with E-state index in [1.54, 1.807) is 5.56 Å². The molecule has 4 heteroatoms. The van der Waals surface area contributed by atoms with Crippen LogP contribution in [0, 0.1) is 6.92 Å². The molecule has 0 saturated heterocycles. The lowest BCUT2D eigenvalue weighted by Crippen LogP contribution is -2.63. The summed E-state index contributed by atoms with van der Waals surface area (Å²) in [7, 11) is 0. The van der Waals surface area contributed by atoms with Crippen molar-refractivity contribution in [1.82, 2.24) is 0 Å². The monoisotopic (exact) mass is 955 g/mol. The second kappa shape index (κ2) is 13.4. The first-order valence-electron chi connectivity index (χ1n) is 27.8. The van der Waals surface area contributed by atoms with Gasteiger partial charge in [0.2, 0.25) is 0 Å². The number of hydrogen-bond donors (Lipinski definition) is 0. The molecule has 0 fully saturated rings. The van der Waals surface area contributed by atoms with Crippen LogP contribution in [0.4, 0.5) is 28.4 Å². The maximum atomic E-state index is 7.22. The van der Waals surface area contributed by atoms with E-state index in [2.05, 4.69) is 210 Å². The molecule has 1 aromatic heterocycles. The Kier molecular flexibility index (Phi) is 8.20. The van der Waals surface area contributed by atoms with E-state index in [-0.39, 0.29) is 39.3 Å². The lowest BCUT2D eigenvalue weighted by molar-refractivity contribution is 0.327. The number of furan rings is 1. The Morgan fingerprint density at radius 3 is 1.78 bits per heavy atom. The van der Waals surface area contributed by atoms with Crippen molar-refractivity contribution in [2.75, 3.05) is 9.71 Å². The van der Waals surface area contributed by atoms with Crippen molar-refractivity contribution in [3.05, 3.63) is 159 Å². The average molecular weight is 955 g/mol. The van der Waals surface area contributed by atoms with Crippen LogP contribution in [0.5, 0.6) is 0 Å². The molecule has 0 bridgehead atoms. The van der Waals surface area contributed by atoms with Crippen LogP contribution < -0.4 is 20.6 Å². The molecule has 73 heavy (non-hydrogen) atoms. The van der Waals surface area contributed by atoms with Crippen LogP contribution in [0.2, 0.25) is 0 Å². The highest BCUT2D eigenvalue weighted by atomic mass is 16.3. The minimum Gasteiger partial charge on any atom is -0.456 e. The molecule has 0 spiro atoms. The van der Waals surface area contributed by atoms with Crippen LogP contribution in [0.3, 0.4) is 0 Å². The fourth-order valence-corrected chi connectivity index (χ4v) is 16.6. The number of hydrogen-bond acceptors (Lipinski definition) is 3. The average Bonchev–Trinajstić information content (AvgIpc) is 3.89. The fourth-order valence-electron chi connectivity index (χ4n) is 16.6. The highest BCUT2D eigenvalue weighted by Crippen LogP contribution is 2.68. The number of para-hydroxylation sites is 1. The van der Waals surface area contributed by atoms with E-state index >= 15 is 0 Å². The first kappa shape index (κ1) is 44.5. The van der Waals surface area contributed by atoms with E-state index in [0.29, 0.717) is 0 Å². The normalized spacial score (nSPS) is 22.7. The second-order valence-electron chi connectivity index (χ2n) is 28.2. The van der Waals surface area contributed by atoms with Crippen molar-refractivity contribution in [1.29, 1.82) is 0 Å². The van der Waals surface area contributed by atoms with Crippen LogP contribution in [-0.4, -0.2) is 6.85 Å². The summed E-state index contributed by atoms with van der Waals surface area (Å²) >= 11 is 0. The summed E-state index contributed by atoms with van der Waals surface area (Å²) in [5, 5.41) is 2.41. The Labute approximate surface area is 434 Å². The second-order valence-corrected chi connectivity index (χ2v) is 28.2. The molecule has 1 atom stereocenters. The molecule has 0 N–H and O–H groups in total. The molecule has 3 nitrogen and oxygen atoms in total. The summed E-state index contributed by atoms with van der Waals surface area (Å²) in [6, 6.07) is 41.6. The highest BCUT2D eigenvalue weighted by molar-refractivity contribution is 6.94. The molecule has 0 radical (unpaired) electrons. The van der Waals surface area contributed by atoms with E-state index in [0.717, 1.165) is 30.4 Å². The van der Waals surface area contributed by atoms with Gasteiger partial charge in [0.15, 0.2) is 0 Å². The Hall–Kier alpha value is -6.00.